The van der Waals surface area contributed by atoms with Crippen molar-refractivity contribution in [2.45, 2.75) is 32.4 Å². The average molecular weight is 337 g/mol. The molecule has 0 aromatic rings. The monoisotopic (exact) mass is 337 g/mol. The molecule has 0 bridgehead atoms. The highest BCUT2D eigenvalue weighted by Crippen LogP contribution is 2.47. The number of aliphatic hydroxyl groups excluding tert-OH is 1. The smallest absolute Gasteiger partial charge is 0.352 e. The number of carboxylic acids is 1. The molecule has 0 aliphatic carbocycles. The molecule has 3 aliphatic rings. The topological polar surface area (TPSA) is 124 Å². The molecule has 2 saturated heterocycles. The van der Waals surface area contributed by atoms with Gasteiger partial charge in [-0.05, 0) is 25.5 Å². The van der Waals surface area contributed by atoms with Gasteiger partial charge in [0.25, 0.3) is 0 Å². The second-order valence-corrected chi connectivity index (χ2v) is 7.06. The SMILES string of the molecule is C[C@@H](O)C1C(=O)N2C(C(=O)O)=C(CN3CC[C@H](C(N)=O)C3)[C@H](C)[C@H]12. The molecule has 0 spiro atoms. The van der Waals surface area contributed by atoms with Crippen molar-refractivity contribution >= 4 is 17.8 Å². The number of likely N-dealkylation sites (tertiary alicyclic amines) is 1. The van der Waals surface area contributed by atoms with E-state index in [1.54, 1.807) is 6.92 Å². The van der Waals surface area contributed by atoms with Crippen molar-refractivity contribution in [2.75, 3.05) is 19.6 Å². The Morgan fingerprint density at radius 1 is 1.42 bits per heavy atom. The maximum absolute atomic E-state index is 12.3. The Morgan fingerprint density at radius 2 is 2.08 bits per heavy atom. The van der Waals surface area contributed by atoms with E-state index >= 15 is 0 Å². The lowest BCUT2D eigenvalue weighted by Crippen LogP contribution is -2.63. The van der Waals surface area contributed by atoms with Crippen LogP contribution in [0.3, 0.4) is 0 Å². The van der Waals surface area contributed by atoms with E-state index in [1.165, 1.54) is 4.90 Å². The number of hydrogen-bond donors (Lipinski definition) is 3. The summed E-state index contributed by atoms with van der Waals surface area (Å²) >= 11 is 0. The van der Waals surface area contributed by atoms with Crippen molar-refractivity contribution in [2.24, 2.45) is 23.5 Å². The van der Waals surface area contributed by atoms with Gasteiger partial charge in [0, 0.05) is 19.0 Å². The Bertz CT molecular complexity index is 629. The minimum absolute atomic E-state index is 0.0388. The zero-order valence-electron chi connectivity index (χ0n) is 13.8. The largest absolute Gasteiger partial charge is 0.477 e. The fourth-order valence-corrected chi connectivity index (χ4v) is 4.30. The lowest BCUT2D eigenvalue weighted by Gasteiger charge is -2.46. The molecule has 132 valence electrons. The fourth-order valence-electron chi connectivity index (χ4n) is 4.30. The van der Waals surface area contributed by atoms with E-state index in [9.17, 15) is 24.6 Å². The lowest BCUT2D eigenvalue weighted by atomic mass is 9.77. The van der Waals surface area contributed by atoms with Crippen molar-refractivity contribution in [1.29, 1.82) is 0 Å². The molecule has 8 nitrogen and oxygen atoms in total. The van der Waals surface area contributed by atoms with Gasteiger partial charge in [-0.15, -0.1) is 0 Å². The van der Waals surface area contributed by atoms with Crippen LogP contribution in [0.25, 0.3) is 0 Å². The molecule has 3 aliphatic heterocycles. The summed E-state index contributed by atoms with van der Waals surface area (Å²) in [4.78, 5) is 38.6. The third kappa shape index (κ3) is 2.41. The van der Waals surface area contributed by atoms with E-state index in [1.807, 2.05) is 11.8 Å². The van der Waals surface area contributed by atoms with Gasteiger partial charge in [-0.25, -0.2) is 4.79 Å². The molecule has 24 heavy (non-hydrogen) atoms. The van der Waals surface area contributed by atoms with Crippen LogP contribution in [0.15, 0.2) is 11.3 Å². The van der Waals surface area contributed by atoms with Gasteiger partial charge < -0.3 is 20.8 Å². The third-order valence-corrected chi connectivity index (χ3v) is 5.59. The van der Waals surface area contributed by atoms with Gasteiger partial charge in [-0.3, -0.25) is 14.5 Å². The highest BCUT2D eigenvalue weighted by molar-refractivity contribution is 6.00. The highest BCUT2D eigenvalue weighted by Gasteiger charge is 2.59. The van der Waals surface area contributed by atoms with E-state index < -0.39 is 18.0 Å². The molecule has 0 aromatic carbocycles. The number of aliphatic hydroxyl groups is 1. The Labute approximate surface area is 139 Å². The molecule has 3 rings (SSSR count). The fraction of sp³-hybridized carbons (Fsp3) is 0.688. The Morgan fingerprint density at radius 3 is 2.58 bits per heavy atom. The number of carbonyl (C=O) groups excluding carboxylic acids is 2. The predicted molar refractivity (Wildman–Crippen MR) is 83.4 cm³/mol. The summed E-state index contributed by atoms with van der Waals surface area (Å²) < 4.78 is 0. The zero-order valence-corrected chi connectivity index (χ0v) is 13.8. The van der Waals surface area contributed by atoms with Crippen LogP contribution in [0, 0.1) is 17.8 Å². The first-order valence-corrected chi connectivity index (χ1v) is 8.23. The number of nitrogens with two attached hydrogens (primary N) is 1. The summed E-state index contributed by atoms with van der Waals surface area (Å²) in [6.45, 7) is 5.04. The molecule has 2 fully saturated rings. The van der Waals surface area contributed by atoms with Gasteiger partial charge in [-0.1, -0.05) is 6.92 Å². The summed E-state index contributed by atoms with van der Waals surface area (Å²) in [6.07, 6.45) is -0.136. The second kappa shape index (κ2) is 5.86. The van der Waals surface area contributed by atoms with Crippen molar-refractivity contribution < 1.29 is 24.6 Å². The number of rotatable bonds is 5. The van der Waals surface area contributed by atoms with E-state index in [4.69, 9.17) is 5.73 Å². The number of fused-ring (bicyclic) bond motifs is 1. The van der Waals surface area contributed by atoms with Gasteiger partial charge in [-0.2, -0.15) is 0 Å². The minimum atomic E-state index is -1.12. The average Bonchev–Trinajstić information content (AvgIpc) is 3.03. The van der Waals surface area contributed by atoms with Crippen molar-refractivity contribution in [3.05, 3.63) is 11.3 Å². The molecule has 2 amide bonds. The predicted octanol–water partition coefficient (Wildman–Crippen LogP) is -1.01. The zero-order chi connectivity index (χ0) is 17.8. The lowest BCUT2D eigenvalue weighted by molar-refractivity contribution is -0.163. The summed E-state index contributed by atoms with van der Waals surface area (Å²) in [5.74, 6) is -2.69. The van der Waals surface area contributed by atoms with Gasteiger partial charge in [0.15, 0.2) is 0 Å². The van der Waals surface area contributed by atoms with Crippen LogP contribution in [0.2, 0.25) is 0 Å². The standard InChI is InChI=1S/C16H23N3O5/c1-7-10(6-18-4-3-9(5-18)14(17)21)13(16(23)24)19-12(7)11(8(2)20)15(19)22/h7-9,11-12,20H,3-6H2,1-2H3,(H2,17,21)(H,23,24)/t7-,8+,9-,11?,12+/m0/s1. The number of amides is 2. The quantitative estimate of drug-likeness (QED) is 0.552. The molecular formula is C16H23N3O5. The summed E-state index contributed by atoms with van der Waals surface area (Å²) in [7, 11) is 0. The minimum Gasteiger partial charge on any atom is -0.477 e. The van der Waals surface area contributed by atoms with Crippen molar-refractivity contribution in [3.8, 4) is 0 Å². The van der Waals surface area contributed by atoms with E-state index in [0.717, 1.165) is 0 Å². The third-order valence-electron chi connectivity index (χ3n) is 5.59. The number of nitrogens with zero attached hydrogens (tertiary/aromatic N) is 2. The molecular weight excluding hydrogens is 314 g/mol. The molecule has 5 atom stereocenters. The first-order chi connectivity index (χ1) is 11.2. The van der Waals surface area contributed by atoms with Crippen LogP contribution >= 0.6 is 0 Å². The van der Waals surface area contributed by atoms with Gasteiger partial charge in [0.2, 0.25) is 11.8 Å². The first-order valence-electron chi connectivity index (χ1n) is 8.23. The first kappa shape index (κ1) is 16.9. The van der Waals surface area contributed by atoms with Gasteiger partial charge in [0.05, 0.1) is 24.0 Å². The molecule has 0 radical (unpaired) electrons. The molecule has 8 heteroatoms. The summed E-state index contributed by atoms with van der Waals surface area (Å²) in [6, 6.07) is -0.298. The Kier molecular flexibility index (Phi) is 4.13. The molecule has 3 heterocycles. The van der Waals surface area contributed by atoms with E-state index in [0.29, 0.717) is 31.6 Å². The number of carbonyl (C=O) groups is 3. The number of primary amides is 1. The van der Waals surface area contributed by atoms with Gasteiger partial charge >= 0.3 is 5.97 Å². The number of carboxylic acid groups (broad SMARTS) is 1. The maximum atomic E-state index is 12.3. The molecule has 1 unspecified atom stereocenters. The van der Waals surface area contributed by atoms with Crippen LogP contribution in [0.5, 0.6) is 0 Å². The van der Waals surface area contributed by atoms with E-state index in [2.05, 4.69) is 0 Å². The number of aliphatic carboxylic acids is 1. The van der Waals surface area contributed by atoms with Gasteiger partial charge in [0.1, 0.15) is 5.70 Å². The van der Waals surface area contributed by atoms with Crippen LogP contribution < -0.4 is 5.73 Å². The Balaban J connectivity index is 1.83. The molecule has 0 saturated carbocycles. The maximum Gasteiger partial charge on any atom is 0.352 e. The molecule has 0 aromatic heterocycles. The number of β-lactam (4-membered cyclic amide) rings is 1. The normalized spacial score (nSPS) is 34.3. The Hall–Kier alpha value is -1.93. The highest BCUT2D eigenvalue weighted by atomic mass is 16.4. The van der Waals surface area contributed by atoms with Crippen LogP contribution in [0.1, 0.15) is 20.3 Å². The van der Waals surface area contributed by atoms with Crippen LogP contribution in [-0.4, -0.2) is 69.6 Å². The molecule has 4 N–H and O–H groups in total. The second-order valence-electron chi connectivity index (χ2n) is 7.06. The van der Waals surface area contributed by atoms with E-state index in [-0.39, 0.29) is 35.4 Å². The van der Waals surface area contributed by atoms with Crippen molar-refractivity contribution in [3.63, 3.8) is 0 Å². The summed E-state index contributed by atoms with van der Waals surface area (Å²) in [5.41, 5.74) is 6.07. The van der Waals surface area contributed by atoms with Crippen LogP contribution in [-0.2, 0) is 14.4 Å². The summed E-state index contributed by atoms with van der Waals surface area (Å²) in [5, 5.41) is 19.4. The van der Waals surface area contributed by atoms with Crippen LogP contribution in [0.4, 0.5) is 0 Å². The van der Waals surface area contributed by atoms with Crippen molar-refractivity contribution in [1.82, 2.24) is 9.80 Å². The number of hydrogen-bond acceptors (Lipinski definition) is 5.